The summed E-state index contributed by atoms with van der Waals surface area (Å²) in [5.74, 6) is 0.140. The van der Waals surface area contributed by atoms with Crippen molar-refractivity contribution >= 4 is 25.8 Å². The first-order valence-corrected chi connectivity index (χ1v) is 9.26. The molecule has 0 amide bonds. The van der Waals surface area contributed by atoms with Crippen LogP contribution in [0.1, 0.15) is 25.2 Å². The summed E-state index contributed by atoms with van der Waals surface area (Å²) in [5.41, 5.74) is 1.99. The van der Waals surface area contributed by atoms with E-state index in [4.69, 9.17) is 0 Å². The number of likely N-dealkylation sites (N-methyl/N-ethyl adjacent to an activating group) is 1. The minimum Gasteiger partial charge on any atom is -0.313 e. The van der Waals surface area contributed by atoms with E-state index in [0.29, 0.717) is 6.42 Å². The molecule has 1 unspecified atom stereocenters. The molecule has 1 atom stereocenters. The molecule has 1 rings (SSSR count). The fourth-order valence-electron chi connectivity index (χ4n) is 2.14. The Morgan fingerprint density at radius 2 is 2.05 bits per heavy atom. The predicted octanol–water partition coefficient (Wildman–Crippen LogP) is 1.54. The van der Waals surface area contributed by atoms with Crippen molar-refractivity contribution in [3.63, 3.8) is 0 Å². The Morgan fingerprint density at radius 1 is 1.42 bits per heavy atom. The lowest BCUT2D eigenvalue weighted by Crippen LogP contribution is -2.37. The minimum absolute atomic E-state index is 0.0855. The molecule has 0 fully saturated rings. The van der Waals surface area contributed by atoms with Gasteiger partial charge in [-0.15, -0.1) is 0 Å². The van der Waals surface area contributed by atoms with Gasteiger partial charge in [-0.1, -0.05) is 6.92 Å². The fraction of sp³-hybridized carbons (Fsp3) is 0.750. The molecule has 0 aliphatic heterocycles. The van der Waals surface area contributed by atoms with Crippen molar-refractivity contribution in [3.8, 4) is 0 Å². The van der Waals surface area contributed by atoms with Crippen molar-refractivity contribution in [1.29, 1.82) is 0 Å². The number of sulfone groups is 1. The van der Waals surface area contributed by atoms with Crippen LogP contribution in [0.15, 0.2) is 4.47 Å². The average molecular weight is 352 g/mol. The molecule has 110 valence electrons. The highest BCUT2D eigenvalue weighted by Crippen LogP contribution is 2.22. The topological polar surface area (TPSA) is 64.0 Å². The summed E-state index contributed by atoms with van der Waals surface area (Å²) in [6.07, 6.45) is 1.92. The maximum Gasteiger partial charge on any atom is 0.148 e. The van der Waals surface area contributed by atoms with Gasteiger partial charge in [0.15, 0.2) is 0 Å². The number of hydrogen-bond donors (Lipinski definition) is 1. The highest BCUT2D eigenvalue weighted by atomic mass is 79.9. The first kappa shape index (κ1) is 16.7. The zero-order chi connectivity index (χ0) is 14.6. The summed E-state index contributed by atoms with van der Waals surface area (Å²) >= 11 is 3.54. The number of hydrogen-bond acceptors (Lipinski definition) is 4. The van der Waals surface area contributed by atoms with Crippen molar-refractivity contribution in [2.75, 3.05) is 18.6 Å². The van der Waals surface area contributed by atoms with Crippen molar-refractivity contribution in [1.82, 2.24) is 15.1 Å². The maximum absolute atomic E-state index is 11.5. The van der Waals surface area contributed by atoms with Gasteiger partial charge < -0.3 is 5.32 Å². The average Bonchev–Trinajstić information content (AvgIpc) is 2.55. The number of rotatable bonds is 7. The molecule has 0 saturated heterocycles. The van der Waals surface area contributed by atoms with Crippen molar-refractivity contribution in [3.05, 3.63) is 15.9 Å². The van der Waals surface area contributed by atoms with Crippen molar-refractivity contribution in [2.45, 2.75) is 39.8 Å². The van der Waals surface area contributed by atoms with Crippen LogP contribution in [0.2, 0.25) is 0 Å². The third kappa shape index (κ3) is 4.89. The quantitative estimate of drug-likeness (QED) is 0.809. The molecule has 7 heteroatoms. The third-order valence-electron chi connectivity index (χ3n) is 2.89. The van der Waals surface area contributed by atoms with E-state index in [9.17, 15) is 8.42 Å². The first-order valence-electron chi connectivity index (χ1n) is 6.41. The van der Waals surface area contributed by atoms with Gasteiger partial charge in [-0.05, 0) is 36.3 Å². The monoisotopic (exact) mass is 351 g/mol. The molecular formula is C12H22BrN3O2S. The highest BCUT2D eigenvalue weighted by molar-refractivity contribution is 9.10. The molecule has 0 spiro atoms. The lowest BCUT2D eigenvalue weighted by molar-refractivity contribution is 0.518. The minimum atomic E-state index is -3.00. The van der Waals surface area contributed by atoms with Gasteiger partial charge >= 0.3 is 0 Å². The molecule has 5 nitrogen and oxygen atoms in total. The van der Waals surface area contributed by atoms with Crippen LogP contribution in [0.5, 0.6) is 0 Å². The zero-order valence-electron chi connectivity index (χ0n) is 11.9. The van der Waals surface area contributed by atoms with E-state index in [1.807, 2.05) is 25.5 Å². The van der Waals surface area contributed by atoms with Crippen LogP contribution in [0.25, 0.3) is 0 Å². The van der Waals surface area contributed by atoms with Gasteiger partial charge in [-0.2, -0.15) is 5.10 Å². The molecule has 1 N–H and O–H groups in total. The molecule has 1 aromatic rings. The van der Waals surface area contributed by atoms with Crippen LogP contribution in [0.3, 0.4) is 0 Å². The lowest BCUT2D eigenvalue weighted by atomic mass is 10.1. The summed E-state index contributed by atoms with van der Waals surface area (Å²) in [6.45, 7) is 7.48. The number of nitrogens with one attached hydrogen (secondary N) is 1. The Balaban J connectivity index is 2.96. The first-order chi connectivity index (χ1) is 8.78. The Kier molecular flexibility index (Phi) is 6.01. The Labute approximate surface area is 123 Å². The van der Waals surface area contributed by atoms with Crippen molar-refractivity contribution in [2.24, 2.45) is 0 Å². The van der Waals surface area contributed by atoms with Gasteiger partial charge in [-0.3, -0.25) is 4.68 Å². The van der Waals surface area contributed by atoms with Crippen LogP contribution >= 0.6 is 15.9 Å². The van der Waals surface area contributed by atoms with E-state index in [-0.39, 0.29) is 11.8 Å². The number of halogens is 1. The molecule has 0 saturated carbocycles. The van der Waals surface area contributed by atoms with Gasteiger partial charge in [0.1, 0.15) is 9.84 Å². The van der Waals surface area contributed by atoms with E-state index in [1.165, 1.54) is 6.26 Å². The molecule has 19 heavy (non-hydrogen) atoms. The lowest BCUT2D eigenvalue weighted by Gasteiger charge is -2.17. The van der Waals surface area contributed by atoms with Crippen LogP contribution < -0.4 is 5.32 Å². The second-order valence-corrected chi connectivity index (χ2v) is 7.69. The van der Waals surface area contributed by atoms with Gasteiger partial charge in [0.25, 0.3) is 0 Å². The molecule has 1 aromatic heterocycles. The molecule has 0 bridgehead atoms. The SMILES string of the molecule is CCNC(Cc1c(Br)c(C)nn1CC)CS(C)(=O)=O. The van der Waals surface area contributed by atoms with E-state index in [2.05, 4.69) is 26.3 Å². The summed E-state index contributed by atoms with van der Waals surface area (Å²) < 4.78 is 25.9. The number of aryl methyl sites for hydroxylation is 2. The molecule has 0 radical (unpaired) electrons. The largest absolute Gasteiger partial charge is 0.313 e. The van der Waals surface area contributed by atoms with Gasteiger partial charge in [0.2, 0.25) is 0 Å². The fourth-order valence-corrected chi connectivity index (χ4v) is 3.55. The Morgan fingerprint density at radius 3 is 2.53 bits per heavy atom. The smallest absolute Gasteiger partial charge is 0.148 e. The molecule has 1 heterocycles. The number of nitrogens with zero attached hydrogens (tertiary/aromatic N) is 2. The predicted molar refractivity (Wildman–Crippen MR) is 81.2 cm³/mol. The molecule has 0 aliphatic rings. The van der Waals surface area contributed by atoms with Crippen LogP contribution in [0, 0.1) is 6.92 Å². The van der Waals surface area contributed by atoms with E-state index < -0.39 is 9.84 Å². The Bertz CT molecular complexity index is 525. The summed E-state index contributed by atoms with van der Waals surface area (Å²) in [4.78, 5) is 0. The highest BCUT2D eigenvalue weighted by Gasteiger charge is 2.20. The van der Waals surface area contributed by atoms with Gasteiger partial charge in [0.05, 0.1) is 21.6 Å². The second-order valence-electron chi connectivity index (χ2n) is 4.71. The zero-order valence-corrected chi connectivity index (χ0v) is 14.3. The van der Waals surface area contributed by atoms with E-state index >= 15 is 0 Å². The molecular weight excluding hydrogens is 330 g/mol. The third-order valence-corrected chi connectivity index (χ3v) is 4.93. The van der Waals surface area contributed by atoms with E-state index in [0.717, 1.165) is 29.0 Å². The molecule has 0 aliphatic carbocycles. The standard InChI is InChI=1S/C12H22BrN3O2S/c1-5-14-10(8-19(4,17)18)7-11-12(13)9(3)15-16(11)6-2/h10,14H,5-8H2,1-4H3. The van der Waals surface area contributed by atoms with Gasteiger partial charge in [-0.25, -0.2) is 8.42 Å². The van der Waals surface area contributed by atoms with Crippen molar-refractivity contribution < 1.29 is 8.42 Å². The van der Waals surface area contributed by atoms with Gasteiger partial charge in [0, 0.05) is 25.3 Å². The van der Waals surface area contributed by atoms with Crippen LogP contribution in [-0.2, 0) is 22.8 Å². The van der Waals surface area contributed by atoms with Crippen LogP contribution in [-0.4, -0.2) is 42.8 Å². The van der Waals surface area contributed by atoms with E-state index in [1.54, 1.807) is 0 Å². The van der Waals surface area contributed by atoms with Crippen LogP contribution in [0.4, 0.5) is 0 Å². The molecule has 0 aromatic carbocycles. The maximum atomic E-state index is 11.5. The number of aromatic nitrogens is 2. The second kappa shape index (κ2) is 6.85. The Hall–Kier alpha value is -0.400. The normalized spacial score (nSPS) is 13.7. The summed E-state index contributed by atoms with van der Waals surface area (Å²) in [5, 5.41) is 7.67. The summed E-state index contributed by atoms with van der Waals surface area (Å²) in [6, 6.07) is -0.0855. The summed E-state index contributed by atoms with van der Waals surface area (Å²) in [7, 11) is -3.00.